The van der Waals surface area contributed by atoms with Gasteiger partial charge in [-0.05, 0) is 68.0 Å². The highest BCUT2D eigenvalue weighted by molar-refractivity contribution is 7.99. The van der Waals surface area contributed by atoms with Gasteiger partial charge in [-0.1, -0.05) is 59.8 Å². The molecule has 0 bridgehead atoms. The molecule has 0 aliphatic carbocycles. The molecule has 2 amide bonds. The Labute approximate surface area is 200 Å². The molecule has 1 N–H and O–H groups in total. The van der Waals surface area contributed by atoms with Gasteiger partial charge in [0.15, 0.2) is 0 Å². The highest BCUT2D eigenvalue weighted by Gasteiger charge is 2.24. The number of anilines is 1. The number of nitrogens with one attached hydrogen (secondary N) is 1. The molecular formula is C28H30N2O2S. The van der Waals surface area contributed by atoms with E-state index in [1.54, 1.807) is 11.8 Å². The van der Waals surface area contributed by atoms with E-state index >= 15 is 0 Å². The number of aryl methyl sites for hydroxylation is 1. The van der Waals surface area contributed by atoms with Crippen molar-refractivity contribution in [2.45, 2.75) is 42.9 Å². The van der Waals surface area contributed by atoms with Crippen LogP contribution in [-0.2, 0) is 11.2 Å². The first-order chi connectivity index (χ1) is 16.0. The lowest BCUT2D eigenvalue weighted by Crippen LogP contribution is -2.39. The van der Waals surface area contributed by atoms with Gasteiger partial charge in [-0.15, -0.1) is 0 Å². The van der Waals surface area contributed by atoms with Crippen molar-refractivity contribution in [1.29, 1.82) is 0 Å². The zero-order chi connectivity index (χ0) is 23.2. The molecule has 0 saturated carbocycles. The summed E-state index contributed by atoms with van der Waals surface area (Å²) in [6.07, 6.45) is 3.10. The van der Waals surface area contributed by atoms with Gasteiger partial charge >= 0.3 is 0 Å². The molecule has 0 radical (unpaired) electrons. The van der Waals surface area contributed by atoms with Crippen LogP contribution in [0, 0.1) is 12.8 Å². The topological polar surface area (TPSA) is 49.4 Å². The second-order valence-electron chi connectivity index (χ2n) is 8.73. The normalized spacial score (nSPS) is 14.2. The van der Waals surface area contributed by atoms with Gasteiger partial charge in [0.2, 0.25) is 5.91 Å². The standard InChI is InChI=1S/C28H30N2O2S/c1-20-8-11-25(12-9-20)33-27-13-10-24(19-26(27)29-21(2)31)28(32)30-16-14-23(15-17-30)18-22-6-4-3-5-7-22/h3-13,19,23H,14-18H2,1-2H3,(H,29,31). The molecule has 4 nitrogen and oxygen atoms in total. The predicted octanol–water partition coefficient (Wildman–Crippen LogP) is 6.20. The number of hydrogen-bond donors (Lipinski definition) is 1. The van der Waals surface area contributed by atoms with Crippen molar-refractivity contribution in [2.24, 2.45) is 5.92 Å². The maximum absolute atomic E-state index is 13.2. The van der Waals surface area contributed by atoms with Crippen molar-refractivity contribution < 1.29 is 9.59 Å². The zero-order valence-electron chi connectivity index (χ0n) is 19.2. The van der Waals surface area contributed by atoms with Crippen LogP contribution < -0.4 is 5.32 Å². The van der Waals surface area contributed by atoms with Crippen LogP contribution in [0.2, 0.25) is 0 Å². The quantitative estimate of drug-likeness (QED) is 0.478. The lowest BCUT2D eigenvalue weighted by atomic mass is 9.90. The number of amides is 2. The highest BCUT2D eigenvalue weighted by atomic mass is 32.2. The molecule has 3 aromatic rings. The fourth-order valence-electron chi connectivity index (χ4n) is 4.24. The summed E-state index contributed by atoms with van der Waals surface area (Å²) < 4.78 is 0. The molecule has 1 heterocycles. The fourth-order valence-corrected chi connectivity index (χ4v) is 5.12. The van der Waals surface area contributed by atoms with E-state index in [2.05, 4.69) is 60.8 Å². The van der Waals surface area contributed by atoms with Crippen molar-refractivity contribution >= 4 is 29.3 Å². The Balaban J connectivity index is 1.44. The molecule has 33 heavy (non-hydrogen) atoms. The minimum Gasteiger partial charge on any atom is -0.339 e. The summed E-state index contributed by atoms with van der Waals surface area (Å²) in [5.41, 5.74) is 3.87. The minimum absolute atomic E-state index is 0.0339. The Morgan fingerprint density at radius 1 is 0.970 bits per heavy atom. The van der Waals surface area contributed by atoms with E-state index < -0.39 is 0 Å². The number of rotatable bonds is 6. The van der Waals surface area contributed by atoms with E-state index in [1.807, 2.05) is 29.2 Å². The van der Waals surface area contributed by atoms with Gasteiger partial charge in [-0.2, -0.15) is 0 Å². The molecule has 0 aromatic heterocycles. The Hall–Kier alpha value is -3.05. The highest BCUT2D eigenvalue weighted by Crippen LogP contribution is 2.35. The molecule has 1 fully saturated rings. The SMILES string of the molecule is CC(=O)Nc1cc(C(=O)N2CCC(Cc3ccccc3)CC2)ccc1Sc1ccc(C)cc1. The van der Waals surface area contributed by atoms with Gasteiger partial charge in [0.1, 0.15) is 0 Å². The predicted molar refractivity (Wildman–Crippen MR) is 135 cm³/mol. The van der Waals surface area contributed by atoms with Crippen molar-refractivity contribution in [3.05, 3.63) is 89.5 Å². The molecule has 3 aromatic carbocycles. The minimum atomic E-state index is -0.146. The molecule has 1 aliphatic rings. The van der Waals surface area contributed by atoms with E-state index in [4.69, 9.17) is 0 Å². The number of piperidine rings is 1. The lowest BCUT2D eigenvalue weighted by molar-refractivity contribution is -0.114. The molecule has 0 atom stereocenters. The molecule has 5 heteroatoms. The Morgan fingerprint density at radius 3 is 2.33 bits per heavy atom. The van der Waals surface area contributed by atoms with E-state index in [0.717, 1.165) is 42.1 Å². The maximum atomic E-state index is 13.2. The summed E-state index contributed by atoms with van der Waals surface area (Å²) in [6, 6.07) is 24.5. The number of likely N-dealkylation sites (tertiary alicyclic amines) is 1. The van der Waals surface area contributed by atoms with Crippen LogP contribution in [0.4, 0.5) is 5.69 Å². The van der Waals surface area contributed by atoms with E-state index in [9.17, 15) is 9.59 Å². The number of hydrogen-bond acceptors (Lipinski definition) is 3. The van der Waals surface area contributed by atoms with Crippen molar-refractivity contribution in [2.75, 3.05) is 18.4 Å². The van der Waals surface area contributed by atoms with Crippen LogP contribution in [0.25, 0.3) is 0 Å². The molecular weight excluding hydrogens is 428 g/mol. The Kier molecular flexibility index (Phi) is 7.50. The van der Waals surface area contributed by atoms with Crippen LogP contribution in [0.15, 0.2) is 82.6 Å². The average Bonchev–Trinajstić information content (AvgIpc) is 2.82. The van der Waals surface area contributed by atoms with Crippen molar-refractivity contribution in [1.82, 2.24) is 4.90 Å². The smallest absolute Gasteiger partial charge is 0.253 e. The first-order valence-corrected chi connectivity index (χ1v) is 12.3. The molecule has 4 rings (SSSR count). The molecule has 0 unspecified atom stereocenters. The third-order valence-corrected chi connectivity index (χ3v) is 7.14. The second-order valence-corrected chi connectivity index (χ2v) is 9.85. The third-order valence-electron chi connectivity index (χ3n) is 6.05. The van der Waals surface area contributed by atoms with Crippen molar-refractivity contribution in [3.8, 4) is 0 Å². The van der Waals surface area contributed by atoms with Gasteiger partial charge in [-0.3, -0.25) is 9.59 Å². The summed E-state index contributed by atoms with van der Waals surface area (Å²) in [7, 11) is 0. The third kappa shape index (κ3) is 6.26. The van der Waals surface area contributed by atoms with Gasteiger partial charge < -0.3 is 10.2 Å². The number of carbonyl (C=O) groups excluding carboxylic acids is 2. The monoisotopic (exact) mass is 458 g/mol. The summed E-state index contributed by atoms with van der Waals surface area (Å²) in [5.74, 6) is 0.499. The van der Waals surface area contributed by atoms with E-state index in [-0.39, 0.29) is 11.8 Å². The molecule has 1 saturated heterocycles. The van der Waals surface area contributed by atoms with Crippen molar-refractivity contribution in [3.63, 3.8) is 0 Å². The summed E-state index contributed by atoms with van der Waals surface area (Å²) in [5, 5.41) is 2.91. The van der Waals surface area contributed by atoms with Gasteiger partial charge in [0.05, 0.1) is 5.69 Å². The maximum Gasteiger partial charge on any atom is 0.253 e. The molecule has 170 valence electrons. The van der Waals surface area contributed by atoms with Crippen LogP contribution in [0.3, 0.4) is 0 Å². The first kappa shape index (κ1) is 23.1. The fraction of sp³-hybridized carbons (Fsp3) is 0.286. The molecule has 0 spiro atoms. The zero-order valence-corrected chi connectivity index (χ0v) is 20.0. The van der Waals surface area contributed by atoms with Gasteiger partial charge in [-0.25, -0.2) is 0 Å². The number of benzene rings is 3. The van der Waals surface area contributed by atoms with E-state index in [1.165, 1.54) is 18.1 Å². The Morgan fingerprint density at radius 2 is 1.67 bits per heavy atom. The van der Waals surface area contributed by atoms with E-state index in [0.29, 0.717) is 17.2 Å². The summed E-state index contributed by atoms with van der Waals surface area (Å²) in [4.78, 5) is 29.0. The lowest BCUT2D eigenvalue weighted by Gasteiger charge is -2.32. The largest absolute Gasteiger partial charge is 0.339 e. The Bertz CT molecular complexity index is 1100. The number of nitrogens with zero attached hydrogens (tertiary/aromatic N) is 1. The number of carbonyl (C=O) groups is 2. The van der Waals surface area contributed by atoms with Gasteiger partial charge in [0, 0.05) is 35.4 Å². The average molecular weight is 459 g/mol. The molecule has 1 aliphatic heterocycles. The summed E-state index contributed by atoms with van der Waals surface area (Å²) in [6.45, 7) is 5.09. The van der Waals surface area contributed by atoms with Crippen LogP contribution in [0.5, 0.6) is 0 Å². The van der Waals surface area contributed by atoms with Crippen LogP contribution in [-0.4, -0.2) is 29.8 Å². The second kappa shape index (κ2) is 10.7. The first-order valence-electron chi connectivity index (χ1n) is 11.5. The van der Waals surface area contributed by atoms with Gasteiger partial charge in [0.25, 0.3) is 5.91 Å². The van der Waals surface area contributed by atoms with Crippen LogP contribution >= 0.6 is 11.8 Å². The summed E-state index contributed by atoms with van der Waals surface area (Å²) >= 11 is 1.58. The van der Waals surface area contributed by atoms with Crippen LogP contribution in [0.1, 0.15) is 41.3 Å².